The predicted octanol–water partition coefficient (Wildman–Crippen LogP) is -0.394. The van der Waals surface area contributed by atoms with Crippen LogP contribution in [0.2, 0.25) is 0 Å². The highest BCUT2D eigenvalue weighted by Gasteiger charge is 2.38. The molecular formula is C12H13N5O3S. The van der Waals surface area contributed by atoms with Gasteiger partial charge in [0.05, 0.1) is 5.52 Å². The fraction of sp³-hybridized carbons (Fsp3) is 0.250. The Hall–Kier alpha value is -2.26. The van der Waals surface area contributed by atoms with Crippen molar-refractivity contribution in [2.45, 2.75) is 11.7 Å². The fourth-order valence-corrected chi connectivity index (χ4v) is 3.11. The average Bonchev–Trinajstić information content (AvgIpc) is 2.79. The third-order valence-electron chi connectivity index (χ3n) is 3.41. The van der Waals surface area contributed by atoms with Crippen molar-refractivity contribution in [3.05, 3.63) is 24.3 Å². The first-order valence-electron chi connectivity index (χ1n) is 6.20. The van der Waals surface area contributed by atoms with Gasteiger partial charge in [0, 0.05) is 18.4 Å². The molecule has 1 unspecified atom stereocenters. The first-order valence-corrected chi connectivity index (χ1v) is 7.81. The van der Waals surface area contributed by atoms with E-state index in [1.54, 1.807) is 24.3 Å². The highest BCUT2D eigenvalue weighted by molar-refractivity contribution is 7.89. The molecule has 110 valence electrons. The van der Waals surface area contributed by atoms with Crippen LogP contribution < -0.4 is 15.8 Å². The molecule has 1 fully saturated rings. The summed E-state index contributed by atoms with van der Waals surface area (Å²) in [4.78, 5) is 21.6. The molecule has 0 radical (unpaired) electrons. The predicted molar refractivity (Wildman–Crippen MR) is 77.8 cm³/mol. The molecule has 1 aliphatic heterocycles. The summed E-state index contributed by atoms with van der Waals surface area (Å²) in [5.41, 5.74) is 6.24. The number of rotatable bonds is 2. The van der Waals surface area contributed by atoms with Crippen molar-refractivity contribution in [1.29, 1.82) is 0 Å². The third-order valence-corrected chi connectivity index (χ3v) is 4.66. The van der Waals surface area contributed by atoms with Gasteiger partial charge in [0.2, 0.25) is 21.9 Å². The molecule has 3 rings (SSSR count). The van der Waals surface area contributed by atoms with Crippen LogP contribution in [-0.4, -0.2) is 36.1 Å². The maximum absolute atomic E-state index is 12.1. The standard InChI is InChI=1S/C12H13N5O3S/c13-12-15-9-4-2-1-3-8(9)11(16-12)17-6-7(5-10(17)18)21(14,19)20/h1-4,7H,5-6H2,(H2,13,15,16)(H2,14,19,20). The van der Waals surface area contributed by atoms with Crippen LogP contribution in [-0.2, 0) is 14.8 Å². The number of amides is 1. The van der Waals surface area contributed by atoms with Crippen LogP contribution in [0.25, 0.3) is 10.9 Å². The first-order chi connectivity index (χ1) is 9.86. The maximum atomic E-state index is 12.1. The zero-order valence-electron chi connectivity index (χ0n) is 10.9. The minimum absolute atomic E-state index is 0.0237. The van der Waals surface area contributed by atoms with E-state index in [-0.39, 0.29) is 24.8 Å². The van der Waals surface area contributed by atoms with Crippen molar-refractivity contribution < 1.29 is 13.2 Å². The quantitative estimate of drug-likeness (QED) is 0.776. The van der Waals surface area contributed by atoms with E-state index in [4.69, 9.17) is 10.9 Å². The van der Waals surface area contributed by atoms with Gasteiger partial charge >= 0.3 is 0 Å². The SMILES string of the molecule is Nc1nc(N2CC(S(N)(=O)=O)CC2=O)c2ccccc2n1. The van der Waals surface area contributed by atoms with Crippen LogP contribution in [0.4, 0.5) is 11.8 Å². The summed E-state index contributed by atoms with van der Waals surface area (Å²) < 4.78 is 22.9. The lowest BCUT2D eigenvalue weighted by Crippen LogP contribution is -2.32. The van der Waals surface area contributed by atoms with Crippen LogP contribution in [0.1, 0.15) is 6.42 Å². The molecule has 1 amide bonds. The van der Waals surface area contributed by atoms with Crippen LogP contribution in [0.3, 0.4) is 0 Å². The summed E-state index contributed by atoms with van der Waals surface area (Å²) in [6.07, 6.45) is -0.156. The number of aromatic nitrogens is 2. The van der Waals surface area contributed by atoms with Gasteiger partial charge in [-0.2, -0.15) is 4.98 Å². The van der Waals surface area contributed by atoms with Gasteiger partial charge in [0.1, 0.15) is 11.1 Å². The summed E-state index contributed by atoms with van der Waals surface area (Å²) in [5, 5.41) is 4.83. The number of anilines is 2. The number of fused-ring (bicyclic) bond motifs is 1. The lowest BCUT2D eigenvalue weighted by Gasteiger charge is -2.17. The Kier molecular flexibility index (Phi) is 3.03. The van der Waals surface area contributed by atoms with E-state index in [2.05, 4.69) is 9.97 Å². The Morgan fingerprint density at radius 3 is 2.62 bits per heavy atom. The molecule has 21 heavy (non-hydrogen) atoms. The molecule has 4 N–H and O–H groups in total. The first kappa shape index (κ1) is 13.7. The number of carbonyl (C=O) groups is 1. The molecule has 1 aromatic carbocycles. The topological polar surface area (TPSA) is 132 Å². The van der Waals surface area contributed by atoms with Gasteiger partial charge in [-0.15, -0.1) is 0 Å². The molecule has 1 aliphatic rings. The molecule has 0 bridgehead atoms. The normalized spacial score (nSPS) is 19.4. The van der Waals surface area contributed by atoms with Gasteiger partial charge < -0.3 is 5.73 Å². The molecule has 0 saturated carbocycles. The van der Waals surface area contributed by atoms with E-state index in [0.717, 1.165) is 0 Å². The number of nitrogens with zero attached hydrogens (tertiary/aromatic N) is 3. The number of carbonyl (C=O) groups excluding carboxylic acids is 1. The van der Waals surface area contributed by atoms with Gasteiger partial charge in [-0.3, -0.25) is 9.69 Å². The van der Waals surface area contributed by atoms with E-state index >= 15 is 0 Å². The number of sulfonamides is 1. The average molecular weight is 307 g/mol. The summed E-state index contributed by atoms with van der Waals surface area (Å²) in [7, 11) is -3.78. The lowest BCUT2D eigenvalue weighted by atomic mass is 10.2. The van der Waals surface area contributed by atoms with Gasteiger partial charge in [0.15, 0.2) is 0 Å². The number of benzene rings is 1. The Bertz CT molecular complexity index is 836. The van der Waals surface area contributed by atoms with Gasteiger partial charge in [0.25, 0.3) is 0 Å². The summed E-state index contributed by atoms with van der Waals surface area (Å²) in [5.74, 6) is -0.0120. The smallest absolute Gasteiger partial charge is 0.229 e. The highest BCUT2D eigenvalue weighted by Crippen LogP contribution is 2.29. The monoisotopic (exact) mass is 307 g/mol. The second-order valence-corrected chi connectivity index (χ2v) is 6.69. The molecule has 8 nitrogen and oxygen atoms in total. The molecule has 2 aromatic rings. The molecule has 0 aliphatic carbocycles. The van der Waals surface area contributed by atoms with E-state index in [9.17, 15) is 13.2 Å². The lowest BCUT2D eigenvalue weighted by molar-refractivity contribution is -0.117. The minimum atomic E-state index is -3.78. The van der Waals surface area contributed by atoms with Crippen LogP contribution in [0.15, 0.2) is 24.3 Å². The summed E-state index contributed by atoms with van der Waals surface area (Å²) in [6, 6.07) is 7.07. The maximum Gasteiger partial charge on any atom is 0.229 e. The number of hydrogen-bond donors (Lipinski definition) is 2. The van der Waals surface area contributed by atoms with E-state index < -0.39 is 15.3 Å². The fourth-order valence-electron chi connectivity index (χ4n) is 2.38. The molecule has 2 heterocycles. The molecule has 0 spiro atoms. The zero-order chi connectivity index (χ0) is 15.2. The van der Waals surface area contributed by atoms with Crippen molar-refractivity contribution in [3.8, 4) is 0 Å². The molecule has 1 aromatic heterocycles. The largest absolute Gasteiger partial charge is 0.368 e. The summed E-state index contributed by atoms with van der Waals surface area (Å²) >= 11 is 0. The van der Waals surface area contributed by atoms with Gasteiger partial charge in [-0.05, 0) is 12.1 Å². The summed E-state index contributed by atoms with van der Waals surface area (Å²) in [6.45, 7) is -0.0296. The van der Waals surface area contributed by atoms with Crippen LogP contribution in [0.5, 0.6) is 0 Å². The Balaban J connectivity index is 2.11. The minimum Gasteiger partial charge on any atom is -0.368 e. The van der Waals surface area contributed by atoms with Crippen molar-refractivity contribution >= 4 is 38.6 Å². The van der Waals surface area contributed by atoms with Gasteiger partial charge in [-0.1, -0.05) is 12.1 Å². The number of para-hydroxylation sites is 1. The zero-order valence-corrected chi connectivity index (χ0v) is 11.7. The number of nitrogens with two attached hydrogens (primary N) is 2. The highest BCUT2D eigenvalue weighted by atomic mass is 32.2. The Morgan fingerprint density at radius 2 is 1.95 bits per heavy atom. The van der Waals surface area contributed by atoms with Crippen LogP contribution in [0, 0.1) is 0 Å². The van der Waals surface area contributed by atoms with E-state index in [0.29, 0.717) is 16.7 Å². The second-order valence-electron chi connectivity index (χ2n) is 4.84. The molecular weight excluding hydrogens is 294 g/mol. The second kappa shape index (κ2) is 4.64. The number of hydrogen-bond acceptors (Lipinski definition) is 6. The third kappa shape index (κ3) is 2.41. The Labute approximate surface area is 120 Å². The van der Waals surface area contributed by atoms with E-state index in [1.807, 2.05) is 0 Å². The van der Waals surface area contributed by atoms with Crippen molar-refractivity contribution in [2.75, 3.05) is 17.2 Å². The van der Waals surface area contributed by atoms with Gasteiger partial charge in [-0.25, -0.2) is 18.5 Å². The van der Waals surface area contributed by atoms with Crippen molar-refractivity contribution in [2.24, 2.45) is 5.14 Å². The molecule has 1 atom stereocenters. The molecule has 1 saturated heterocycles. The van der Waals surface area contributed by atoms with E-state index in [1.165, 1.54) is 4.90 Å². The number of primary sulfonamides is 1. The van der Waals surface area contributed by atoms with Crippen molar-refractivity contribution in [1.82, 2.24) is 9.97 Å². The van der Waals surface area contributed by atoms with Crippen LogP contribution >= 0.6 is 0 Å². The van der Waals surface area contributed by atoms with Crippen molar-refractivity contribution in [3.63, 3.8) is 0 Å². The Morgan fingerprint density at radius 1 is 1.24 bits per heavy atom. The number of nitrogen functional groups attached to an aromatic ring is 1. The molecule has 9 heteroatoms.